The minimum absolute atomic E-state index is 0.0191. The molecule has 4 aromatic rings. The molecule has 2 heterocycles. The summed E-state index contributed by atoms with van der Waals surface area (Å²) in [5.41, 5.74) is 2.93. The number of fused-ring (bicyclic) bond motifs is 1. The van der Waals surface area contributed by atoms with Crippen LogP contribution >= 0.6 is 0 Å². The van der Waals surface area contributed by atoms with Crippen LogP contribution in [0.2, 0.25) is 0 Å². The molecular weight excluding hydrogens is 516 g/mol. The Hall–Kier alpha value is -4.04. The van der Waals surface area contributed by atoms with E-state index in [1.807, 2.05) is 48.5 Å². The fraction of sp³-hybridized carbons (Fsp3) is 0.312. The van der Waals surface area contributed by atoms with Gasteiger partial charge in [0.05, 0.1) is 17.0 Å². The van der Waals surface area contributed by atoms with Gasteiger partial charge in [0.1, 0.15) is 18.5 Å². The fourth-order valence-electron chi connectivity index (χ4n) is 5.50. The molecular formula is C32H29F2NO5. The van der Waals surface area contributed by atoms with Crippen molar-refractivity contribution in [2.45, 2.75) is 44.3 Å². The molecule has 1 saturated carbocycles. The second kappa shape index (κ2) is 11.2. The van der Waals surface area contributed by atoms with Crippen LogP contribution < -0.4 is 9.47 Å². The first-order valence-corrected chi connectivity index (χ1v) is 13.5. The number of carboxylic acids is 1. The van der Waals surface area contributed by atoms with Gasteiger partial charge in [0.25, 0.3) is 0 Å². The standard InChI is InChI=1S/C32H29F2NO5/c33-25-10-9-21(17-26(25)34)28-24-7-4-8-27(39-18-19-5-2-1-3-6-19)29(24)31(40-23-15-22(16-23)32(36)37)35-30(28)20-11-13-38-14-12-20/h1-10,17,20,22-23H,11-16,18H2,(H,36,37). The summed E-state index contributed by atoms with van der Waals surface area (Å²) in [5.74, 6) is -2.21. The molecule has 6 rings (SSSR count). The Bertz CT molecular complexity index is 1530. The first kappa shape index (κ1) is 26.2. The lowest BCUT2D eigenvalue weighted by Crippen LogP contribution is -2.38. The zero-order valence-electron chi connectivity index (χ0n) is 21.8. The summed E-state index contributed by atoms with van der Waals surface area (Å²) in [7, 11) is 0. The summed E-state index contributed by atoms with van der Waals surface area (Å²) >= 11 is 0. The number of carboxylic acid groups (broad SMARTS) is 1. The van der Waals surface area contributed by atoms with Crippen molar-refractivity contribution in [2.75, 3.05) is 13.2 Å². The maximum atomic E-state index is 14.5. The van der Waals surface area contributed by atoms with Gasteiger partial charge in [-0.25, -0.2) is 13.8 Å². The number of hydrogen-bond donors (Lipinski definition) is 1. The van der Waals surface area contributed by atoms with Crippen LogP contribution in [0.3, 0.4) is 0 Å². The third-order valence-corrected chi connectivity index (χ3v) is 7.76. The first-order chi connectivity index (χ1) is 19.5. The highest BCUT2D eigenvalue weighted by Crippen LogP contribution is 2.46. The SMILES string of the molecule is O=C(O)C1CC(Oc2nc(C3CCOCC3)c(-c3ccc(F)c(F)c3)c3cccc(OCc4ccccc4)c23)C1. The molecule has 0 bridgehead atoms. The molecule has 0 radical (unpaired) electrons. The Balaban J connectivity index is 1.51. The quantitative estimate of drug-likeness (QED) is 0.260. The van der Waals surface area contributed by atoms with E-state index in [1.54, 1.807) is 6.07 Å². The van der Waals surface area contributed by atoms with Crippen LogP contribution in [0, 0.1) is 17.6 Å². The normalized spacial score (nSPS) is 19.2. The van der Waals surface area contributed by atoms with E-state index in [4.69, 9.17) is 19.2 Å². The van der Waals surface area contributed by atoms with E-state index in [2.05, 4.69) is 0 Å². The van der Waals surface area contributed by atoms with Crippen LogP contribution in [0.1, 0.15) is 42.9 Å². The second-order valence-corrected chi connectivity index (χ2v) is 10.4. The summed E-state index contributed by atoms with van der Waals surface area (Å²) in [6.07, 6.45) is 1.94. The van der Waals surface area contributed by atoms with Gasteiger partial charge in [-0.1, -0.05) is 48.5 Å². The topological polar surface area (TPSA) is 77.9 Å². The predicted octanol–water partition coefficient (Wildman–Crippen LogP) is 6.90. The maximum absolute atomic E-state index is 14.5. The lowest BCUT2D eigenvalue weighted by Gasteiger charge is -2.33. The average molecular weight is 546 g/mol. The second-order valence-electron chi connectivity index (χ2n) is 10.4. The number of ether oxygens (including phenoxy) is 3. The highest BCUT2D eigenvalue weighted by molar-refractivity contribution is 6.03. The Kier molecular flexibility index (Phi) is 7.34. The van der Waals surface area contributed by atoms with Gasteiger partial charge in [0.15, 0.2) is 11.6 Å². The van der Waals surface area contributed by atoms with E-state index in [9.17, 15) is 18.7 Å². The molecule has 1 aliphatic heterocycles. The lowest BCUT2D eigenvalue weighted by molar-refractivity contribution is -0.148. The van der Waals surface area contributed by atoms with E-state index in [0.29, 0.717) is 60.8 Å². The molecule has 0 atom stereocenters. The van der Waals surface area contributed by atoms with Crippen LogP contribution in [-0.4, -0.2) is 35.4 Å². The Morgan fingerprint density at radius 3 is 2.48 bits per heavy atom. The van der Waals surface area contributed by atoms with Gasteiger partial charge in [-0.15, -0.1) is 0 Å². The molecule has 3 aromatic carbocycles. The molecule has 2 aliphatic rings. The number of pyridine rings is 1. The zero-order chi connectivity index (χ0) is 27.6. The summed E-state index contributed by atoms with van der Waals surface area (Å²) in [5, 5.41) is 10.7. The molecule has 2 fully saturated rings. The molecule has 6 nitrogen and oxygen atoms in total. The molecule has 0 spiro atoms. The van der Waals surface area contributed by atoms with Gasteiger partial charge in [-0.05, 0) is 55.0 Å². The highest BCUT2D eigenvalue weighted by Gasteiger charge is 2.37. The molecule has 1 aliphatic carbocycles. The van der Waals surface area contributed by atoms with Crippen LogP contribution in [-0.2, 0) is 16.1 Å². The van der Waals surface area contributed by atoms with Gasteiger partial charge < -0.3 is 19.3 Å². The summed E-state index contributed by atoms with van der Waals surface area (Å²) < 4.78 is 46.7. The Morgan fingerprint density at radius 2 is 1.75 bits per heavy atom. The smallest absolute Gasteiger partial charge is 0.306 e. The Labute approximate surface area is 230 Å². The Morgan fingerprint density at radius 1 is 0.975 bits per heavy atom. The van der Waals surface area contributed by atoms with Gasteiger partial charge in [-0.3, -0.25) is 4.79 Å². The zero-order valence-corrected chi connectivity index (χ0v) is 21.8. The van der Waals surface area contributed by atoms with Crippen LogP contribution in [0.4, 0.5) is 8.78 Å². The average Bonchev–Trinajstić information content (AvgIpc) is 2.95. The first-order valence-electron chi connectivity index (χ1n) is 13.5. The number of halogens is 2. The largest absolute Gasteiger partial charge is 0.488 e. The van der Waals surface area contributed by atoms with E-state index in [0.717, 1.165) is 35.6 Å². The van der Waals surface area contributed by atoms with Gasteiger partial charge >= 0.3 is 5.97 Å². The molecule has 8 heteroatoms. The number of aromatic nitrogens is 1. The summed E-state index contributed by atoms with van der Waals surface area (Å²) in [4.78, 5) is 16.5. The van der Waals surface area contributed by atoms with Crippen molar-refractivity contribution in [3.8, 4) is 22.8 Å². The summed E-state index contributed by atoms with van der Waals surface area (Å²) in [6, 6.07) is 19.3. The highest BCUT2D eigenvalue weighted by atomic mass is 19.2. The predicted molar refractivity (Wildman–Crippen MR) is 145 cm³/mol. The number of rotatable bonds is 8. The van der Waals surface area contributed by atoms with Crippen LogP contribution in [0.5, 0.6) is 11.6 Å². The van der Waals surface area contributed by atoms with Crippen molar-refractivity contribution in [1.29, 1.82) is 0 Å². The van der Waals surface area contributed by atoms with E-state index in [1.165, 1.54) is 6.07 Å². The monoisotopic (exact) mass is 545 g/mol. The van der Waals surface area contributed by atoms with Crippen molar-refractivity contribution in [3.63, 3.8) is 0 Å². The van der Waals surface area contributed by atoms with Gasteiger partial charge in [0.2, 0.25) is 5.88 Å². The van der Waals surface area contributed by atoms with Crippen LogP contribution in [0.25, 0.3) is 21.9 Å². The lowest BCUT2D eigenvalue weighted by atomic mass is 9.82. The molecule has 0 amide bonds. The molecule has 206 valence electrons. The molecule has 0 unspecified atom stereocenters. The van der Waals surface area contributed by atoms with Crippen molar-refractivity contribution >= 4 is 16.7 Å². The third kappa shape index (κ3) is 5.23. The third-order valence-electron chi connectivity index (χ3n) is 7.76. The van der Waals surface area contributed by atoms with Crippen molar-refractivity contribution < 1.29 is 32.9 Å². The van der Waals surface area contributed by atoms with E-state index < -0.39 is 23.5 Å². The van der Waals surface area contributed by atoms with Crippen LogP contribution in [0.15, 0.2) is 66.7 Å². The molecule has 40 heavy (non-hydrogen) atoms. The molecule has 1 aromatic heterocycles. The number of hydrogen-bond acceptors (Lipinski definition) is 5. The maximum Gasteiger partial charge on any atom is 0.306 e. The number of nitrogens with zero attached hydrogens (tertiary/aromatic N) is 1. The minimum Gasteiger partial charge on any atom is -0.488 e. The van der Waals surface area contributed by atoms with Crippen molar-refractivity contribution in [1.82, 2.24) is 4.98 Å². The van der Waals surface area contributed by atoms with E-state index in [-0.39, 0.29) is 12.0 Å². The number of aliphatic carboxylic acids is 1. The molecule has 1 saturated heterocycles. The van der Waals surface area contributed by atoms with Crippen molar-refractivity contribution in [2.24, 2.45) is 5.92 Å². The fourth-order valence-corrected chi connectivity index (χ4v) is 5.50. The number of carbonyl (C=O) groups is 1. The van der Waals surface area contributed by atoms with Gasteiger partial charge in [-0.2, -0.15) is 0 Å². The van der Waals surface area contributed by atoms with Crippen molar-refractivity contribution in [3.05, 3.63) is 89.6 Å². The molecule has 1 N–H and O–H groups in total. The minimum atomic E-state index is -0.936. The van der Waals surface area contributed by atoms with Gasteiger partial charge in [0, 0.05) is 30.1 Å². The number of benzene rings is 3. The van der Waals surface area contributed by atoms with E-state index >= 15 is 0 Å². The summed E-state index contributed by atoms with van der Waals surface area (Å²) in [6.45, 7) is 1.45.